The highest BCUT2D eigenvalue weighted by molar-refractivity contribution is 6.65. The fraction of sp³-hybridized carbons (Fsp3) is 0.538. The van der Waals surface area contributed by atoms with E-state index in [2.05, 4.69) is 0 Å². The fourth-order valence-corrected chi connectivity index (χ4v) is 2.08. The van der Waals surface area contributed by atoms with Gasteiger partial charge in [0.15, 0.2) is 0 Å². The van der Waals surface area contributed by atoms with Gasteiger partial charge >= 0.3 is 13.3 Å². The van der Waals surface area contributed by atoms with Crippen molar-refractivity contribution in [3.63, 3.8) is 0 Å². The van der Waals surface area contributed by atoms with Crippen LogP contribution in [-0.2, 0) is 15.5 Å². The van der Waals surface area contributed by atoms with E-state index in [1.807, 2.05) is 27.7 Å². The molecule has 1 fully saturated rings. The predicted octanol–water partition coefficient (Wildman–Crippen LogP) is 3.66. The molecule has 1 aromatic rings. The molecule has 1 heterocycles. The number of hydrogen-bond acceptors (Lipinski definition) is 2. The van der Waals surface area contributed by atoms with Crippen LogP contribution in [0.3, 0.4) is 0 Å². The molecule has 1 aliphatic heterocycles. The van der Waals surface area contributed by atoms with E-state index in [-0.39, 0.29) is 10.5 Å². The number of halogens is 4. The van der Waals surface area contributed by atoms with Gasteiger partial charge in [-0.05, 0) is 45.9 Å². The zero-order chi connectivity index (χ0) is 15.3. The molecule has 0 radical (unpaired) electrons. The Kier molecular flexibility index (Phi) is 3.64. The van der Waals surface area contributed by atoms with Gasteiger partial charge in [0, 0.05) is 10.5 Å². The molecule has 0 unspecified atom stereocenters. The van der Waals surface area contributed by atoms with Crippen molar-refractivity contribution >= 4 is 24.2 Å². The summed E-state index contributed by atoms with van der Waals surface area (Å²) < 4.78 is 49.7. The van der Waals surface area contributed by atoms with E-state index < -0.39 is 30.1 Å². The lowest BCUT2D eigenvalue weighted by molar-refractivity contribution is -0.137. The van der Waals surface area contributed by atoms with Gasteiger partial charge in [-0.3, -0.25) is 0 Å². The molecule has 20 heavy (non-hydrogen) atoms. The third kappa shape index (κ3) is 2.69. The van der Waals surface area contributed by atoms with Gasteiger partial charge in [0.25, 0.3) is 0 Å². The van der Waals surface area contributed by atoms with E-state index in [0.717, 1.165) is 12.1 Å². The molecule has 1 aromatic carbocycles. The van der Waals surface area contributed by atoms with Gasteiger partial charge in [0.1, 0.15) is 0 Å². The second-order valence-corrected chi connectivity index (χ2v) is 6.23. The maximum atomic E-state index is 12.8. The van der Waals surface area contributed by atoms with Gasteiger partial charge < -0.3 is 9.31 Å². The van der Waals surface area contributed by atoms with E-state index in [1.54, 1.807) is 0 Å². The van der Waals surface area contributed by atoms with Crippen molar-refractivity contribution in [2.24, 2.45) is 0 Å². The van der Waals surface area contributed by atoms with E-state index in [1.165, 1.54) is 6.07 Å². The van der Waals surface area contributed by atoms with Gasteiger partial charge in [0.05, 0.1) is 16.8 Å². The van der Waals surface area contributed by atoms with Crippen LogP contribution in [0.2, 0.25) is 5.02 Å². The summed E-state index contributed by atoms with van der Waals surface area (Å²) in [5.74, 6) is 0. The summed E-state index contributed by atoms with van der Waals surface area (Å²) in [5.41, 5.74) is -1.84. The fourth-order valence-electron chi connectivity index (χ4n) is 1.87. The summed E-state index contributed by atoms with van der Waals surface area (Å²) in [6, 6.07) is 3.13. The minimum absolute atomic E-state index is 0.191. The molecule has 0 atom stereocenters. The summed E-state index contributed by atoms with van der Waals surface area (Å²) in [6.07, 6.45) is -4.43. The van der Waals surface area contributed by atoms with Crippen LogP contribution in [0.25, 0.3) is 0 Å². The zero-order valence-corrected chi connectivity index (χ0v) is 12.4. The van der Waals surface area contributed by atoms with Crippen LogP contribution in [0.4, 0.5) is 13.2 Å². The average molecular weight is 307 g/mol. The molecular weight excluding hydrogens is 291 g/mol. The maximum absolute atomic E-state index is 12.8. The highest BCUT2D eigenvalue weighted by Gasteiger charge is 2.52. The molecule has 0 saturated carbocycles. The second kappa shape index (κ2) is 4.65. The molecule has 110 valence electrons. The molecular formula is C13H15BClF3O2. The van der Waals surface area contributed by atoms with E-state index in [4.69, 9.17) is 20.9 Å². The Morgan fingerprint density at radius 3 is 2.00 bits per heavy atom. The molecule has 1 aliphatic rings. The molecule has 0 spiro atoms. The first-order valence-corrected chi connectivity index (χ1v) is 6.54. The lowest BCUT2D eigenvalue weighted by Gasteiger charge is -2.32. The topological polar surface area (TPSA) is 18.5 Å². The Morgan fingerprint density at radius 2 is 1.55 bits per heavy atom. The third-order valence-corrected chi connectivity index (χ3v) is 4.17. The summed E-state index contributed by atoms with van der Waals surface area (Å²) in [5, 5.41) is 0.191. The first-order valence-electron chi connectivity index (χ1n) is 6.16. The average Bonchev–Trinajstić information content (AvgIpc) is 2.46. The van der Waals surface area contributed by atoms with Crippen LogP contribution >= 0.6 is 11.6 Å². The van der Waals surface area contributed by atoms with Crippen LogP contribution in [0.15, 0.2) is 18.2 Å². The van der Waals surface area contributed by atoms with Crippen LogP contribution in [-0.4, -0.2) is 18.3 Å². The van der Waals surface area contributed by atoms with E-state index in [0.29, 0.717) is 0 Å². The lowest BCUT2D eigenvalue weighted by atomic mass is 9.78. The highest BCUT2D eigenvalue weighted by atomic mass is 35.5. The maximum Gasteiger partial charge on any atom is 0.496 e. The Balaban J connectivity index is 2.40. The Bertz CT molecular complexity index is 513. The zero-order valence-electron chi connectivity index (χ0n) is 11.6. The van der Waals surface area contributed by atoms with Gasteiger partial charge in [-0.1, -0.05) is 11.6 Å². The molecule has 0 amide bonds. The quantitative estimate of drug-likeness (QED) is 0.737. The molecule has 7 heteroatoms. The van der Waals surface area contributed by atoms with Crippen molar-refractivity contribution in [3.8, 4) is 0 Å². The summed E-state index contributed by atoms with van der Waals surface area (Å²) in [4.78, 5) is 0. The molecule has 0 aliphatic carbocycles. The first kappa shape index (κ1) is 15.7. The Morgan fingerprint density at radius 1 is 1.05 bits per heavy atom. The van der Waals surface area contributed by atoms with E-state index in [9.17, 15) is 13.2 Å². The first-order chi connectivity index (χ1) is 8.94. The number of alkyl halides is 3. The van der Waals surface area contributed by atoms with Gasteiger partial charge in [-0.25, -0.2) is 0 Å². The SMILES string of the molecule is CC1(C)OB(c2cc(C(F)(F)F)ccc2Cl)OC1(C)C. The molecule has 2 rings (SSSR count). The standard InChI is InChI=1S/C13H15BClF3O2/c1-11(2)12(3,4)20-14(19-11)9-7-8(13(16,17)18)5-6-10(9)15/h5-7H,1-4H3. The van der Waals surface area contributed by atoms with Crippen molar-refractivity contribution in [3.05, 3.63) is 28.8 Å². The Labute approximate surface area is 121 Å². The van der Waals surface area contributed by atoms with Crippen molar-refractivity contribution in [2.75, 3.05) is 0 Å². The number of benzene rings is 1. The molecule has 0 N–H and O–H groups in total. The molecule has 2 nitrogen and oxygen atoms in total. The van der Waals surface area contributed by atoms with Crippen molar-refractivity contribution in [1.29, 1.82) is 0 Å². The van der Waals surface area contributed by atoms with Gasteiger partial charge in [-0.15, -0.1) is 0 Å². The minimum Gasteiger partial charge on any atom is -0.399 e. The molecule has 0 aromatic heterocycles. The molecule has 1 saturated heterocycles. The van der Waals surface area contributed by atoms with E-state index >= 15 is 0 Å². The minimum atomic E-state index is -4.43. The second-order valence-electron chi connectivity index (χ2n) is 5.82. The van der Waals surface area contributed by atoms with Crippen LogP contribution < -0.4 is 5.46 Å². The Hall–Kier alpha value is -0.715. The summed E-state index contributed by atoms with van der Waals surface area (Å²) >= 11 is 5.99. The van der Waals surface area contributed by atoms with Gasteiger partial charge in [0.2, 0.25) is 0 Å². The van der Waals surface area contributed by atoms with Crippen LogP contribution in [0, 0.1) is 0 Å². The number of hydrogen-bond donors (Lipinski definition) is 0. The van der Waals surface area contributed by atoms with Crippen LogP contribution in [0.1, 0.15) is 33.3 Å². The smallest absolute Gasteiger partial charge is 0.399 e. The number of rotatable bonds is 1. The summed E-state index contributed by atoms with van der Waals surface area (Å²) in [6.45, 7) is 7.31. The lowest BCUT2D eigenvalue weighted by Crippen LogP contribution is -2.41. The van der Waals surface area contributed by atoms with Crippen LogP contribution in [0.5, 0.6) is 0 Å². The highest BCUT2D eigenvalue weighted by Crippen LogP contribution is 2.37. The summed E-state index contributed by atoms with van der Waals surface area (Å²) in [7, 11) is -0.908. The normalized spacial score (nSPS) is 21.3. The van der Waals surface area contributed by atoms with Crippen molar-refractivity contribution < 1.29 is 22.5 Å². The van der Waals surface area contributed by atoms with Gasteiger partial charge in [-0.2, -0.15) is 13.2 Å². The monoisotopic (exact) mass is 306 g/mol. The largest absolute Gasteiger partial charge is 0.496 e. The molecule has 0 bridgehead atoms. The third-order valence-electron chi connectivity index (χ3n) is 3.83. The predicted molar refractivity (Wildman–Crippen MR) is 72.2 cm³/mol. The van der Waals surface area contributed by atoms with Crippen molar-refractivity contribution in [1.82, 2.24) is 0 Å². The van der Waals surface area contributed by atoms with Crippen molar-refractivity contribution in [2.45, 2.75) is 45.1 Å².